The lowest BCUT2D eigenvalue weighted by atomic mass is 10.1. The molecule has 0 radical (unpaired) electrons. The molecule has 2 aliphatic rings. The monoisotopic (exact) mass is 517 g/mol. The van der Waals surface area contributed by atoms with Gasteiger partial charge in [0.2, 0.25) is 11.9 Å². The highest BCUT2D eigenvalue weighted by atomic mass is 19.4. The molecule has 2 aliphatic carbocycles. The third-order valence-corrected chi connectivity index (χ3v) is 7.41. The molecule has 1 aromatic carbocycles. The fraction of sp³-hybridized carbons (Fsp3) is 0.607. The number of carbonyl (C=O) groups is 1. The van der Waals surface area contributed by atoms with Crippen LogP contribution in [0.15, 0.2) is 24.4 Å². The van der Waals surface area contributed by atoms with Gasteiger partial charge in [-0.3, -0.25) is 4.79 Å². The van der Waals surface area contributed by atoms with Crippen LogP contribution < -0.4 is 10.6 Å². The van der Waals surface area contributed by atoms with Crippen LogP contribution in [0.3, 0.4) is 0 Å². The average Bonchev–Trinajstić information content (AvgIpc) is 3.78. The third-order valence-electron chi connectivity index (χ3n) is 7.41. The Kier molecular flexibility index (Phi) is 8.29. The predicted molar refractivity (Wildman–Crippen MR) is 140 cm³/mol. The van der Waals surface area contributed by atoms with Crippen molar-refractivity contribution >= 4 is 23.4 Å². The maximum atomic E-state index is 13.8. The molecule has 202 valence electrons. The summed E-state index contributed by atoms with van der Waals surface area (Å²) < 4.78 is 41.4. The van der Waals surface area contributed by atoms with Crippen LogP contribution in [0.1, 0.15) is 75.5 Å². The summed E-state index contributed by atoms with van der Waals surface area (Å²) in [5.41, 5.74) is 1.81. The Labute approximate surface area is 217 Å². The standard InChI is InChI=1S/C28H38F3N5O/c1-4-14-36(24(37)11-9-20-7-8-20)18-27(12-13-27)17-33-25-22(28(29,30)31)16-32-26(35-25)34-23-10-6-19(3)15-21(23)5-2/h6,10,15-16,20H,4-5,7-9,11-14,17-18H2,1-3H3,(H2,32,33,34,35). The summed E-state index contributed by atoms with van der Waals surface area (Å²) in [5.74, 6) is 0.735. The van der Waals surface area contributed by atoms with Crippen molar-refractivity contribution in [1.29, 1.82) is 0 Å². The Morgan fingerprint density at radius 3 is 2.59 bits per heavy atom. The third kappa shape index (κ3) is 7.36. The molecular weight excluding hydrogens is 479 g/mol. The second kappa shape index (κ2) is 11.3. The number of rotatable bonds is 13. The Morgan fingerprint density at radius 2 is 1.97 bits per heavy atom. The number of aromatic nitrogens is 2. The fourth-order valence-electron chi connectivity index (χ4n) is 4.74. The molecule has 2 aromatic rings. The zero-order chi connectivity index (χ0) is 26.6. The number of amides is 1. The van der Waals surface area contributed by atoms with E-state index in [1.807, 2.05) is 43.9 Å². The summed E-state index contributed by atoms with van der Waals surface area (Å²) in [6.07, 6.45) is 3.57. The molecule has 6 nitrogen and oxygen atoms in total. The van der Waals surface area contributed by atoms with Crippen molar-refractivity contribution in [2.75, 3.05) is 30.3 Å². The second-order valence-electron chi connectivity index (χ2n) is 10.7. The van der Waals surface area contributed by atoms with Crippen molar-refractivity contribution in [2.45, 2.75) is 78.3 Å². The van der Waals surface area contributed by atoms with Crippen LogP contribution in [0.25, 0.3) is 0 Å². The van der Waals surface area contributed by atoms with Crippen LogP contribution in [-0.2, 0) is 17.4 Å². The van der Waals surface area contributed by atoms with Gasteiger partial charge < -0.3 is 15.5 Å². The summed E-state index contributed by atoms with van der Waals surface area (Å²) in [4.78, 5) is 23.0. The smallest absolute Gasteiger partial charge is 0.369 e. The molecule has 37 heavy (non-hydrogen) atoms. The van der Waals surface area contributed by atoms with Gasteiger partial charge in [-0.1, -0.05) is 44.4 Å². The van der Waals surface area contributed by atoms with E-state index in [1.165, 1.54) is 12.8 Å². The molecule has 0 spiro atoms. The molecule has 0 unspecified atom stereocenters. The lowest BCUT2D eigenvalue weighted by molar-refractivity contribution is -0.137. The van der Waals surface area contributed by atoms with Gasteiger partial charge in [0.25, 0.3) is 0 Å². The van der Waals surface area contributed by atoms with E-state index < -0.39 is 11.7 Å². The molecule has 2 saturated carbocycles. The van der Waals surface area contributed by atoms with Gasteiger partial charge in [0, 0.05) is 43.4 Å². The lowest BCUT2D eigenvalue weighted by Gasteiger charge is -2.28. The molecule has 4 rings (SSSR count). The molecule has 0 bridgehead atoms. The van der Waals surface area contributed by atoms with Crippen LogP contribution in [0.5, 0.6) is 0 Å². The summed E-state index contributed by atoms with van der Waals surface area (Å²) in [5, 5.41) is 6.08. The highest BCUT2D eigenvalue weighted by molar-refractivity contribution is 5.76. The summed E-state index contributed by atoms with van der Waals surface area (Å²) in [6, 6.07) is 5.87. The zero-order valence-electron chi connectivity index (χ0n) is 22.0. The first-order chi connectivity index (χ1) is 17.6. The number of aryl methyl sites for hydroxylation is 2. The quantitative estimate of drug-likeness (QED) is 0.308. The van der Waals surface area contributed by atoms with Gasteiger partial charge in [0.1, 0.15) is 11.4 Å². The van der Waals surface area contributed by atoms with Crippen molar-refractivity contribution in [2.24, 2.45) is 11.3 Å². The van der Waals surface area contributed by atoms with E-state index in [0.717, 1.165) is 55.1 Å². The van der Waals surface area contributed by atoms with Gasteiger partial charge in [0.05, 0.1) is 0 Å². The first kappa shape index (κ1) is 27.2. The van der Waals surface area contributed by atoms with Crippen molar-refractivity contribution in [3.8, 4) is 0 Å². The lowest BCUT2D eigenvalue weighted by Crippen LogP contribution is -2.39. The van der Waals surface area contributed by atoms with Crippen LogP contribution in [0.2, 0.25) is 0 Å². The highest BCUT2D eigenvalue weighted by Gasteiger charge is 2.45. The van der Waals surface area contributed by atoms with E-state index in [-0.39, 0.29) is 23.1 Å². The largest absolute Gasteiger partial charge is 0.421 e. The molecular formula is C28H38F3N5O. The number of benzene rings is 1. The van der Waals surface area contributed by atoms with E-state index >= 15 is 0 Å². The Hall–Kier alpha value is -2.84. The number of nitrogens with one attached hydrogen (secondary N) is 2. The van der Waals surface area contributed by atoms with Gasteiger partial charge in [0.15, 0.2) is 0 Å². The summed E-state index contributed by atoms with van der Waals surface area (Å²) >= 11 is 0. The Bertz CT molecular complexity index is 1100. The number of alkyl halides is 3. The molecule has 1 aromatic heterocycles. The van der Waals surface area contributed by atoms with Gasteiger partial charge >= 0.3 is 6.18 Å². The van der Waals surface area contributed by atoms with Gasteiger partial charge in [-0.15, -0.1) is 0 Å². The molecule has 1 heterocycles. The minimum Gasteiger partial charge on any atom is -0.369 e. The Balaban J connectivity index is 1.47. The van der Waals surface area contributed by atoms with E-state index in [4.69, 9.17) is 0 Å². The number of carbonyl (C=O) groups excluding carboxylic acids is 1. The first-order valence-corrected chi connectivity index (χ1v) is 13.4. The van der Waals surface area contributed by atoms with E-state index in [2.05, 4.69) is 20.6 Å². The van der Waals surface area contributed by atoms with Crippen LogP contribution in [0, 0.1) is 18.3 Å². The van der Waals surface area contributed by atoms with Gasteiger partial charge in [-0.2, -0.15) is 18.2 Å². The number of nitrogens with zero attached hydrogens (tertiary/aromatic N) is 3. The van der Waals surface area contributed by atoms with Crippen molar-refractivity contribution in [3.63, 3.8) is 0 Å². The maximum Gasteiger partial charge on any atom is 0.421 e. The van der Waals surface area contributed by atoms with Crippen molar-refractivity contribution in [1.82, 2.24) is 14.9 Å². The number of halogens is 3. The number of hydrogen-bond acceptors (Lipinski definition) is 5. The Morgan fingerprint density at radius 1 is 1.22 bits per heavy atom. The van der Waals surface area contributed by atoms with E-state index in [0.29, 0.717) is 32.0 Å². The van der Waals surface area contributed by atoms with E-state index in [9.17, 15) is 18.0 Å². The minimum absolute atomic E-state index is 0.113. The van der Waals surface area contributed by atoms with E-state index in [1.54, 1.807) is 0 Å². The molecule has 9 heteroatoms. The number of hydrogen-bond donors (Lipinski definition) is 2. The van der Waals surface area contributed by atoms with Crippen molar-refractivity contribution < 1.29 is 18.0 Å². The fourth-order valence-corrected chi connectivity index (χ4v) is 4.74. The summed E-state index contributed by atoms with van der Waals surface area (Å²) in [7, 11) is 0. The van der Waals surface area contributed by atoms with Crippen LogP contribution >= 0.6 is 0 Å². The minimum atomic E-state index is -4.58. The summed E-state index contributed by atoms with van der Waals surface area (Å²) in [6.45, 7) is 7.63. The number of anilines is 3. The molecule has 2 fully saturated rings. The molecule has 2 N–H and O–H groups in total. The van der Waals surface area contributed by atoms with Gasteiger partial charge in [-0.05, 0) is 56.6 Å². The topological polar surface area (TPSA) is 70.2 Å². The van der Waals surface area contributed by atoms with Crippen molar-refractivity contribution in [3.05, 3.63) is 41.1 Å². The SMILES string of the molecule is CCCN(CC1(CNc2nc(Nc3ccc(C)cc3CC)ncc2C(F)(F)F)CC1)C(=O)CCC1CC1. The maximum absolute atomic E-state index is 13.8. The zero-order valence-corrected chi connectivity index (χ0v) is 22.0. The van der Waals surface area contributed by atoms with Gasteiger partial charge in [-0.25, -0.2) is 4.98 Å². The molecule has 0 atom stereocenters. The molecule has 1 amide bonds. The van der Waals surface area contributed by atoms with Crippen LogP contribution in [-0.4, -0.2) is 40.4 Å². The normalized spacial score (nSPS) is 16.4. The predicted octanol–water partition coefficient (Wildman–Crippen LogP) is 6.73. The molecule has 0 aliphatic heterocycles. The molecule has 0 saturated heterocycles. The highest BCUT2D eigenvalue weighted by Crippen LogP contribution is 2.47. The first-order valence-electron chi connectivity index (χ1n) is 13.4. The van der Waals surface area contributed by atoms with Crippen LogP contribution in [0.4, 0.5) is 30.6 Å². The second-order valence-corrected chi connectivity index (χ2v) is 10.7. The average molecular weight is 518 g/mol.